The Labute approximate surface area is 199 Å². The van der Waals surface area contributed by atoms with Gasteiger partial charge in [-0.05, 0) is 19.1 Å². The molecule has 35 heavy (non-hydrogen) atoms. The number of carbonyl (C=O) groups is 5. The van der Waals surface area contributed by atoms with Crippen molar-refractivity contribution in [1.29, 1.82) is 0 Å². The Kier molecular flexibility index (Phi) is 9.25. The molecule has 0 fully saturated rings. The van der Waals surface area contributed by atoms with Gasteiger partial charge >= 0.3 is 0 Å². The molecule has 0 aromatic heterocycles. The zero-order valence-corrected chi connectivity index (χ0v) is 19.0. The molecule has 0 saturated carbocycles. The molecule has 0 saturated heterocycles. The van der Waals surface area contributed by atoms with Crippen LogP contribution in [-0.2, 0) is 19.2 Å². The molecule has 1 aliphatic rings. The van der Waals surface area contributed by atoms with E-state index in [1.54, 1.807) is 0 Å². The average molecular weight is 495 g/mol. The Hall–Kier alpha value is -3.59. The van der Waals surface area contributed by atoms with E-state index in [1.807, 2.05) is 0 Å². The molecule has 0 bridgehead atoms. The van der Waals surface area contributed by atoms with Crippen LogP contribution in [0.25, 0.3) is 0 Å². The van der Waals surface area contributed by atoms with E-state index in [0.717, 1.165) is 18.2 Å². The summed E-state index contributed by atoms with van der Waals surface area (Å²) >= 11 is 0. The Morgan fingerprint density at radius 1 is 1.17 bits per heavy atom. The lowest BCUT2D eigenvalue weighted by Gasteiger charge is -2.31. The summed E-state index contributed by atoms with van der Waals surface area (Å²) in [5, 5.41) is 49.8. The van der Waals surface area contributed by atoms with Gasteiger partial charge in [0.05, 0.1) is 36.9 Å². The quantitative estimate of drug-likeness (QED) is 0.199. The number of benzene rings is 1. The number of anilines is 1. The number of hydrogen-bond donors (Lipinski definition) is 9. The number of phenolic OH excluding ortho intramolecular Hbond substituents is 1. The van der Waals surface area contributed by atoms with Crippen molar-refractivity contribution in [2.45, 2.75) is 44.2 Å². The van der Waals surface area contributed by atoms with Crippen LogP contribution in [0.15, 0.2) is 18.2 Å². The molecule has 0 radical (unpaired) electrons. The zero-order chi connectivity index (χ0) is 26.4. The molecule has 14 nitrogen and oxygen atoms in total. The molecule has 1 heterocycles. The van der Waals surface area contributed by atoms with Crippen LogP contribution in [0.5, 0.6) is 5.75 Å². The minimum Gasteiger partial charge on any atom is -0.508 e. The lowest BCUT2D eigenvalue weighted by Crippen LogP contribution is -2.60. The van der Waals surface area contributed by atoms with E-state index in [4.69, 9.17) is 10.8 Å². The Morgan fingerprint density at radius 2 is 1.83 bits per heavy atom. The van der Waals surface area contributed by atoms with Gasteiger partial charge in [0.1, 0.15) is 23.9 Å². The second kappa shape index (κ2) is 11.7. The summed E-state index contributed by atoms with van der Waals surface area (Å²) in [7, 11) is 0. The van der Waals surface area contributed by atoms with Gasteiger partial charge in [0, 0.05) is 11.6 Å². The van der Waals surface area contributed by atoms with Crippen LogP contribution in [0, 0.1) is 5.92 Å². The van der Waals surface area contributed by atoms with Crippen molar-refractivity contribution in [2.75, 3.05) is 18.5 Å². The predicted molar refractivity (Wildman–Crippen MR) is 120 cm³/mol. The van der Waals surface area contributed by atoms with Gasteiger partial charge < -0.3 is 47.4 Å². The number of Topliss-reactive ketones (excluding diaryl/α,β-unsaturated/α-hetero) is 1. The number of amides is 4. The molecular weight excluding hydrogens is 466 g/mol. The van der Waals surface area contributed by atoms with Crippen molar-refractivity contribution in [2.24, 2.45) is 11.7 Å². The van der Waals surface area contributed by atoms with Crippen LogP contribution in [-0.4, -0.2) is 93.3 Å². The zero-order valence-electron chi connectivity index (χ0n) is 19.0. The summed E-state index contributed by atoms with van der Waals surface area (Å²) in [6.07, 6.45) is -4.01. The molecule has 1 aliphatic heterocycles. The number of rotatable bonds is 3. The number of hydrogen-bond acceptors (Lipinski definition) is 10. The Balaban J connectivity index is 2.57. The molecule has 10 N–H and O–H groups in total. The largest absolute Gasteiger partial charge is 0.508 e. The highest BCUT2D eigenvalue weighted by Gasteiger charge is 2.40. The van der Waals surface area contributed by atoms with E-state index >= 15 is 0 Å². The van der Waals surface area contributed by atoms with Gasteiger partial charge in [-0.1, -0.05) is 6.92 Å². The van der Waals surface area contributed by atoms with E-state index in [-0.39, 0.29) is 17.0 Å². The first-order valence-corrected chi connectivity index (χ1v) is 10.7. The third kappa shape index (κ3) is 6.73. The van der Waals surface area contributed by atoms with Crippen molar-refractivity contribution in [3.63, 3.8) is 0 Å². The Morgan fingerprint density at radius 3 is 2.46 bits per heavy atom. The van der Waals surface area contributed by atoms with Gasteiger partial charge in [-0.3, -0.25) is 24.0 Å². The fourth-order valence-corrected chi connectivity index (χ4v) is 3.27. The summed E-state index contributed by atoms with van der Waals surface area (Å²) < 4.78 is 0. The smallest absolute Gasteiger partial charge is 0.246 e. The highest BCUT2D eigenvalue weighted by atomic mass is 16.3. The molecule has 0 aliphatic carbocycles. The number of aliphatic hydroxyl groups excluding tert-OH is 3. The maximum Gasteiger partial charge on any atom is 0.246 e. The third-order valence-electron chi connectivity index (χ3n) is 5.47. The molecule has 6 atom stereocenters. The van der Waals surface area contributed by atoms with E-state index in [2.05, 4.69) is 21.3 Å². The lowest BCUT2D eigenvalue weighted by molar-refractivity contribution is -0.134. The van der Waals surface area contributed by atoms with Gasteiger partial charge in [-0.15, -0.1) is 0 Å². The first-order chi connectivity index (χ1) is 16.4. The van der Waals surface area contributed by atoms with Gasteiger partial charge in [0.25, 0.3) is 0 Å². The van der Waals surface area contributed by atoms with E-state index in [9.17, 15) is 39.3 Å². The minimum atomic E-state index is -2.16. The normalized spacial score (nSPS) is 27.3. The summed E-state index contributed by atoms with van der Waals surface area (Å²) in [6.45, 7) is 1.24. The second-order valence-electron chi connectivity index (χ2n) is 8.14. The van der Waals surface area contributed by atoms with E-state index < -0.39 is 78.8 Å². The average Bonchev–Trinajstić information content (AvgIpc) is 2.82. The monoisotopic (exact) mass is 495 g/mol. The van der Waals surface area contributed by atoms with Gasteiger partial charge in [-0.2, -0.15) is 0 Å². The molecule has 2 rings (SSSR count). The predicted octanol–water partition coefficient (Wildman–Crippen LogP) is -3.69. The standard InChI is InChI=1S/C21H29N5O9/c1-8-16(30)15(26-21(35)12(22)7-27)18(32)17(31)11-4-3-10(28)5-13(11)25-20(34)9(2)24-14(29)6-23-19(8)33/h3-5,8-9,12,15-16,18,27-28,30,32H,6-7,22H2,1-2H3,(H,23,33)(H,24,29)(H,25,34)(H,26,35)/t8-,9+,12-,15-,16+,18+/m0/s1. The van der Waals surface area contributed by atoms with Crippen molar-refractivity contribution < 1.29 is 44.4 Å². The maximum atomic E-state index is 13.2. The number of fused-ring (bicyclic) bond motifs is 1. The van der Waals surface area contributed by atoms with Crippen molar-refractivity contribution in [3.05, 3.63) is 23.8 Å². The number of phenols is 1. The number of carbonyl (C=O) groups excluding carboxylic acids is 5. The Bertz CT molecular complexity index is 1000. The molecule has 4 amide bonds. The van der Waals surface area contributed by atoms with Gasteiger partial charge in [-0.25, -0.2) is 0 Å². The van der Waals surface area contributed by atoms with E-state index in [1.165, 1.54) is 13.8 Å². The first kappa shape index (κ1) is 27.7. The molecular formula is C21H29N5O9. The molecule has 14 heteroatoms. The van der Waals surface area contributed by atoms with E-state index in [0.29, 0.717) is 0 Å². The van der Waals surface area contributed by atoms with Crippen LogP contribution in [0.2, 0.25) is 0 Å². The summed E-state index contributed by atoms with van der Waals surface area (Å²) in [5.41, 5.74) is 4.96. The second-order valence-corrected chi connectivity index (χ2v) is 8.14. The van der Waals surface area contributed by atoms with Crippen LogP contribution in [0.4, 0.5) is 5.69 Å². The topological polar surface area (TPSA) is 240 Å². The maximum absolute atomic E-state index is 13.2. The lowest BCUT2D eigenvalue weighted by atomic mass is 9.89. The van der Waals surface area contributed by atoms with Crippen LogP contribution >= 0.6 is 0 Å². The van der Waals surface area contributed by atoms with Gasteiger partial charge in [0.2, 0.25) is 23.6 Å². The van der Waals surface area contributed by atoms with Crippen LogP contribution < -0.4 is 27.0 Å². The number of nitrogens with one attached hydrogen (secondary N) is 4. The molecule has 1 aromatic rings. The fraction of sp³-hybridized carbons (Fsp3) is 0.476. The fourth-order valence-electron chi connectivity index (χ4n) is 3.27. The van der Waals surface area contributed by atoms with Crippen LogP contribution in [0.3, 0.4) is 0 Å². The third-order valence-corrected chi connectivity index (χ3v) is 5.47. The summed E-state index contributed by atoms with van der Waals surface area (Å²) in [6, 6.07) is -1.13. The molecule has 0 spiro atoms. The summed E-state index contributed by atoms with van der Waals surface area (Å²) in [5.74, 6) is -6.15. The summed E-state index contributed by atoms with van der Waals surface area (Å²) in [4.78, 5) is 62.7. The van der Waals surface area contributed by atoms with Crippen LogP contribution in [0.1, 0.15) is 24.2 Å². The molecule has 192 valence electrons. The van der Waals surface area contributed by atoms with Crippen molar-refractivity contribution >= 4 is 35.1 Å². The van der Waals surface area contributed by atoms with Crippen molar-refractivity contribution in [1.82, 2.24) is 16.0 Å². The highest BCUT2D eigenvalue weighted by molar-refractivity contribution is 6.08. The first-order valence-electron chi connectivity index (χ1n) is 10.7. The van der Waals surface area contributed by atoms with Gasteiger partial charge in [0.15, 0.2) is 5.78 Å². The number of nitrogens with two attached hydrogens (primary N) is 1. The minimum absolute atomic E-state index is 0.219. The number of aliphatic hydroxyl groups is 3. The highest BCUT2D eigenvalue weighted by Crippen LogP contribution is 2.25. The SMILES string of the molecule is C[C@@H]1C(=O)NCC(=O)N[C@H](C)C(=O)Nc2cc(O)ccc2C(=O)[C@H](O)[C@@H](NC(=O)[C@@H](N)CO)[C@@H]1O. The number of aromatic hydroxyl groups is 1. The molecule has 1 aromatic carbocycles. The van der Waals surface area contributed by atoms with Crippen molar-refractivity contribution in [3.8, 4) is 5.75 Å². The number of ketones is 1. The molecule has 0 unspecified atom stereocenters.